The van der Waals surface area contributed by atoms with Crippen LogP contribution < -0.4 is 5.73 Å². The Labute approximate surface area is 76.6 Å². The number of rotatable bonds is 2. The lowest BCUT2D eigenvalue weighted by Gasteiger charge is -2.14. The van der Waals surface area contributed by atoms with E-state index in [1.807, 2.05) is 19.9 Å². The van der Waals surface area contributed by atoms with Gasteiger partial charge < -0.3 is 5.73 Å². The van der Waals surface area contributed by atoms with Gasteiger partial charge in [-0.3, -0.25) is 0 Å². The third-order valence-electron chi connectivity index (χ3n) is 2.28. The molecule has 0 heterocycles. The summed E-state index contributed by atoms with van der Waals surface area (Å²) in [7, 11) is 0. The van der Waals surface area contributed by atoms with Crippen molar-refractivity contribution in [2.45, 2.75) is 26.3 Å². The summed E-state index contributed by atoms with van der Waals surface area (Å²) in [6.07, 6.45) is -2.50. The van der Waals surface area contributed by atoms with Gasteiger partial charge >= 0.3 is 0 Å². The summed E-state index contributed by atoms with van der Waals surface area (Å²) >= 11 is 0. The van der Waals surface area contributed by atoms with Gasteiger partial charge in [0.25, 0.3) is 6.43 Å². The van der Waals surface area contributed by atoms with Crippen LogP contribution in [0.2, 0.25) is 0 Å². The van der Waals surface area contributed by atoms with Crippen LogP contribution in [0.15, 0.2) is 18.2 Å². The predicted molar refractivity (Wildman–Crippen MR) is 48.8 cm³/mol. The van der Waals surface area contributed by atoms with Gasteiger partial charge in [-0.15, -0.1) is 0 Å². The number of halogens is 2. The summed E-state index contributed by atoms with van der Waals surface area (Å²) in [6, 6.07) is 4.12. The Kier molecular flexibility index (Phi) is 2.98. The topological polar surface area (TPSA) is 26.0 Å². The molecule has 0 aliphatic rings. The zero-order chi connectivity index (χ0) is 10.0. The first kappa shape index (κ1) is 10.1. The van der Waals surface area contributed by atoms with Crippen molar-refractivity contribution >= 4 is 0 Å². The molecule has 0 spiro atoms. The standard InChI is InChI=1S/C10H13F2N/c1-6-4-3-5-8(7(6)2)9(13)10(11)12/h3-5,9-10H,13H2,1-2H3/t9-/m0/s1. The van der Waals surface area contributed by atoms with E-state index in [2.05, 4.69) is 0 Å². The summed E-state index contributed by atoms with van der Waals surface area (Å²) in [5.74, 6) is 0. The number of hydrogen-bond acceptors (Lipinski definition) is 1. The zero-order valence-corrected chi connectivity index (χ0v) is 7.72. The Balaban J connectivity index is 3.07. The zero-order valence-electron chi connectivity index (χ0n) is 7.72. The second kappa shape index (κ2) is 3.83. The molecule has 1 aromatic rings. The number of aryl methyl sites for hydroxylation is 1. The highest BCUT2D eigenvalue weighted by Gasteiger charge is 2.19. The van der Waals surface area contributed by atoms with Crippen LogP contribution >= 0.6 is 0 Å². The van der Waals surface area contributed by atoms with Crippen LogP contribution in [-0.4, -0.2) is 6.43 Å². The van der Waals surface area contributed by atoms with Gasteiger partial charge in [0.05, 0.1) is 6.04 Å². The maximum Gasteiger partial charge on any atom is 0.257 e. The molecule has 0 unspecified atom stereocenters. The van der Waals surface area contributed by atoms with Crippen molar-refractivity contribution in [3.05, 3.63) is 34.9 Å². The molecule has 0 aromatic heterocycles. The molecule has 0 radical (unpaired) electrons. The molecular formula is C10H13F2N. The van der Waals surface area contributed by atoms with Crippen LogP contribution in [0.1, 0.15) is 22.7 Å². The molecule has 1 atom stereocenters. The van der Waals surface area contributed by atoms with E-state index < -0.39 is 12.5 Å². The van der Waals surface area contributed by atoms with Crippen LogP contribution in [0.3, 0.4) is 0 Å². The predicted octanol–water partition coefficient (Wildman–Crippen LogP) is 2.57. The molecule has 0 aliphatic heterocycles. The monoisotopic (exact) mass is 185 g/mol. The van der Waals surface area contributed by atoms with Gasteiger partial charge in [0.1, 0.15) is 0 Å². The Hall–Kier alpha value is -0.960. The lowest BCUT2D eigenvalue weighted by atomic mass is 9.98. The van der Waals surface area contributed by atoms with Crippen molar-refractivity contribution in [3.63, 3.8) is 0 Å². The SMILES string of the molecule is Cc1cccc([C@H](N)C(F)F)c1C. The average molecular weight is 185 g/mol. The first-order chi connectivity index (χ1) is 6.04. The van der Waals surface area contributed by atoms with Crippen molar-refractivity contribution in [2.75, 3.05) is 0 Å². The first-order valence-corrected chi connectivity index (χ1v) is 4.14. The van der Waals surface area contributed by atoms with Crippen LogP contribution in [0.4, 0.5) is 8.78 Å². The third kappa shape index (κ3) is 2.04. The number of hydrogen-bond donors (Lipinski definition) is 1. The molecule has 2 N–H and O–H groups in total. The number of benzene rings is 1. The average Bonchev–Trinajstić information content (AvgIpc) is 2.08. The lowest BCUT2D eigenvalue weighted by Crippen LogP contribution is -2.20. The molecule has 72 valence electrons. The van der Waals surface area contributed by atoms with Crippen LogP contribution in [0.5, 0.6) is 0 Å². The molecule has 13 heavy (non-hydrogen) atoms. The fraction of sp³-hybridized carbons (Fsp3) is 0.400. The van der Waals surface area contributed by atoms with Gasteiger partial charge in [-0.2, -0.15) is 0 Å². The molecule has 0 saturated carbocycles. The minimum absolute atomic E-state index is 0.537. The van der Waals surface area contributed by atoms with E-state index in [0.717, 1.165) is 11.1 Å². The highest BCUT2D eigenvalue weighted by atomic mass is 19.3. The Morgan fingerprint density at radius 1 is 1.23 bits per heavy atom. The molecule has 0 fully saturated rings. The quantitative estimate of drug-likeness (QED) is 0.752. The summed E-state index contributed by atoms with van der Waals surface area (Å²) in [5.41, 5.74) is 7.75. The van der Waals surface area contributed by atoms with E-state index in [4.69, 9.17) is 5.73 Å². The van der Waals surface area contributed by atoms with Gasteiger partial charge in [0.15, 0.2) is 0 Å². The summed E-state index contributed by atoms with van der Waals surface area (Å²) in [6.45, 7) is 3.70. The minimum atomic E-state index is -2.50. The van der Waals surface area contributed by atoms with Crippen LogP contribution in [0.25, 0.3) is 0 Å². The lowest BCUT2D eigenvalue weighted by molar-refractivity contribution is 0.116. The fourth-order valence-electron chi connectivity index (χ4n) is 1.27. The van der Waals surface area contributed by atoms with Gasteiger partial charge in [0.2, 0.25) is 0 Å². The Morgan fingerprint density at radius 2 is 1.85 bits per heavy atom. The van der Waals surface area contributed by atoms with E-state index in [9.17, 15) is 8.78 Å². The van der Waals surface area contributed by atoms with Gasteiger partial charge in [0, 0.05) is 0 Å². The molecule has 0 aliphatic carbocycles. The molecular weight excluding hydrogens is 172 g/mol. The normalized spacial score (nSPS) is 13.4. The molecule has 3 heteroatoms. The molecule has 0 bridgehead atoms. The molecule has 1 nitrogen and oxygen atoms in total. The van der Waals surface area contributed by atoms with Crippen LogP contribution in [-0.2, 0) is 0 Å². The maximum absolute atomic E-state index is 12.3. The number of nitrogens with two attached hydrogens (primary N) is 1. The van der Waals surface area contributed by atoms with E-state index in [0.29, 0.717) is 5.56 Å². The summed E-state index contributed by atoms with van der Waals surface area (Å²) in [4.78, 5) is 0. The first-order valence-electron chi connectivity index (χ1n) is 4.14. The Morgan fingerprint density at radius 3 is 2.38 bits per heavy atom. The van der Waals surface area contributed by atoms with E-state index >= 15 is 0 Å². The number of alkyl halides is 2. The van der Waals surface area contributed by atoms with Crippen molar-refractivity contribution in [2.24, 2.45) is 5.73 Å². The van der Waals surface area contributed by atoms with E-state index in [1.54, 1.807) is 12.1 Å². The molecule has 1 aromatic carbocycles. The van der Waals surface area contributed by atoms with Gasteiger partial charge in [-0.1, -0.05) is 18.2 Å². The molecule has 1 rings (SSSR count). The summed E-state index contributed by atoms with van der Waals surface area (Å²) < 4.78 is 24.6. The van der Waals surface area contributed by atoms with Crippen molar-refractivity contribution < 1.29 is 8.78 Å². The Bertz CT molecular complexity index is 297. The second-order valence-corrected chi connectivity index (χ2v) is 3.15. The second-order valence-electron chi connectivity index (χ2n) is 3.15. The highest BCUT2D eigenvalue weighted by Crippen LogP contribution is 2.23. The smallest absolute Gasteiger partial charge is 0.257 e. The van der Waals surface area contributed by atoms with E-state index in [-0.39, 0.29) is 0 Å². The van der Waals surface area contributed by atoms with Gasteiger partial charge in [-0.25, -0.2) is 8.78 Å². The molecule has 0 saturated heterocycles. The van der Waals surface area contributed by atoms with Crippen LogP contribution in [0, 0.1) is 13.8 Å². The largest absolute Gasteiger partial charge is 0.319 e. The van der Waals surface area contributed by atoms with E-state index in [1.165, 1.54) is 0 Å². The minimum Gasteiger partial charge on any atom is -0.319 e. The van der Waals surface area contributed by atoms with Crippen molar-refractivity contribution in [1.82, 2.24) is 0 Å². The fourth-order valence-corrected chi connectivity index (χ4v) is 1.27. The third-order valence-corrected chi connectivity index (χ3v) is 2.28. The van der Waals surface area contributed by atoms with Gasteiger partial charge in [-0.05, 0) is 30.5 Å². The maximum atomic E-state index is 12.3. The summed E-state index contributed by atoms with van der Waals surface area (Å²) in [5, 5.41) is 0. The molecule has 0 amide bonds. The highest BCUT2D eigenvalue weighted by molar-refractivity contribution is 5.35. The van der Waals surface area contributed by atoms with Crippen molar-refractivity contribution in [1.29, 1.82) is 0 Å². The van der Waals surface area contributed by atoms with Crippen molar-refractivity contribution in [3.8, 4) is 0 Å².